The predicted octanol–water partition coefficient (Wildman–Crippen LogP) is 4.88. The van der Waals surface area contributed by atoms with Crippen molar-refractivity contribution in [2.45, 2.75) is 5.16 Å². The molecule has 4 aromatic rings. The van der Waals surface area contributed by atoms with E-state index in [1.54, 1.807) is 55.0 Å². The van der Waals surface area contributed by atoms with Gasteiger partial charge in [0.1, 0.15) is 0 Å². The van der Waals surface area contributed by atoms with Crippen LogP contribution in [0.15, 0.2) is 83.3 Å². The molecule has 0 atom stereocenters. The van der Waals surface area contributed by atoms with Gasteiger partial charge in [0.25, 0.3) is 5.91 Å². The molecule has 32 heavy (non-hydrogen) atoms. The van der Waals surface area contributed by atoms with E-state index in [0.717, 1.165) is 16.8 Å². The lowest BCUT2D eigenvalue weighted by molar-refractivity contribution is -0.118. The molecule has 0 aliphatic heterocycles. The molecule has 4 rings (SSSR count). The minimum Gasteiger partial charge on any atom is -0.272 e. The maximum Gasteiger partial charge on any atom is 0.250 e. The number of hydrogen-bond donors (Lipinski definition) is 1. The number of carbonyl (C=O) groups excluding carboxylic acids is 1. The average molecular weight is 483 g/mol. The molecule has 7 nitrogen and oxygen atoms in total. The minimum atomic E-state index is -0.265. The summed E-state index contributed by atoms with van der Waals surface area (Å²) in [5, 5.41) is 14.4. The van der Waals surface area contributed by atoms with Crippen molar-refractivity contribution < 1.29 is 4.79 Å². The Hall–Kier alpha value is -3.20. The third-order valence-corrected chi connectivity index (χ3v) is 5.69. The van der Waals surface area contributed by atoms with Crippen LogP contribution in [0.25, 0.3) is 17.1 Å². The molecule has 2 aromatic carbocycles. The predicted molar refractivity (Wildman–Crippen MR) is 128 cm³/mol. The molecule has 0 saturated carbocycles. The van der Waals surface area contributed by atoms with E-state index in [2.05, 4.69) is 25.7 Å². The van der Waals surface area contributed by atoms with Crippen LogP contribution >= 0.6 is 35.0 Å². The highest BCUT2D eigenvalue weighted by Crippen LogP contribution is 2.29. The van der Waals surface area contributed by atoms with E-state index in [1.807, 2.05) is 28.8 Å². The Morgan fingerprint density at radius 2 is 1.62 bits per heavy atom. The smallest absolute Gasteiger partial charge is 0.250 e. The van der Waals surface area contributed by atoms with Gasteiger partial charge in [-0.25, -0.2) is 5.43 Å². The maximum absolute atomic E-state index is 12.3. The van der Waals surface area contributed by atoms with Gasteiger partial charge in [-0.05, 0) is 66.2 Å². The van der Waals surface area contributed by atoms with Gasteiger partial charge >= 0.3 is 0 Å². The fourth-order valence-electron chi connectivity index (χ4n) is 2.76. The highest BCUT2D eigenvalue weighted by Gasteiger charge is 2.17. The number of aromatic nitrogens is 4. The fraction of sp³-hybridized carbons (Fsp3) is 0.0455. The second-order valence-corrected chi connectivity index (χ2v) is 8.30. The number of amides is 1. The standard InChI is InChI=1S/C22H16Cl2N6OS/c23-17-3-1-16(2-4-17)21-28-29-22(30(21)19-7-5-18(24)6-8-19)32-14-20(31)27-26-13-15-9-11-25-12-10-15/h1-13H,14H2,(H,27,31)/b26-13+. The lowest BCUT2D eigenvalue weighted by atomic mass is 10.2. The van der Waals surface area contributed by atoms with Gasteiger partial charge in [0.2, 0.25) is 0 Å². The van der Waals surface area contributed by atoms with E-state index in [9.17, 15) is 4.79 Å². The van der Waals surface area contributed by atoms with E-state index in [0.29, 0.717) is 21.0 Å². The van der Waals surface area contributed by atoms with Gasteiger partial charge in [-0.1, -0.05) is 35.0 Å². The zero-order valence-corrected chi connectivity index (χ0v) is 18.8. The van der Waals surface area contributed by atoms with E-state index in [-0.39, 0.29) is 11.7 Å². The number of nitrogens with one attached hydrogen (secondary N) is 1. The number of benzene rings is 2. The highest BCUT2D eigenvalue weighted by molar-refractivity contribution is 7.99. The van der Waals surface area contributed by atoms with E-state index < -0.39 is 0 Å². The first-order valence-electron chi connectivity index (χ1n) is 9.42. The fourth-order valence-corrected chi connectivity index (χ4v) is 3.76. The van der Waals surface area contributed by atoms with Crippen LogP contribution in [0, 0.1) is 0 Å². The number of rotatable bonds is 7. The third-order valence-electron chi connectivity index (χ3n) is 4.26. The Kier molecular flexibility index (Phi) is 7.16. The topological polar surface area (TPSA) is 85.1 Å². The van der Waals surface area contributed by atoms with Crippen LogP contribution in [0.4, 0.5) is 0 Å². The number of thioether (sulfide) groups is 1. The van der Waals surface area contributed by atoms with Gasteiger partial charge in [-0.2, -0.15) is 5.10 Å². The normalized spacial score (nSPS) is 11.1. The SMILES string of the molecule is O=C(CSc1nnc(-c2ccc(Cl)cc2)n1-c1ccc(Cl)cc1)N/N=C/c1ccncc1. The van der Waals surface area contributed by atoms with Crippen LogP contribution in [0.1, 0.15) is 5.56 Å². The largest absolute Gasteiger partial charge is 0.272 e. The molecule has 10 heteroatoms. The summed E-state index contributed by atoms with van der Waals surface area (Å²) in [7, 11) is 0. The molecule has 0 fully saturated rings. The summed E-state index contributed by atoms with van der Waals surface area (Å²) in [4.78, 5) is 16.2. The Bertz CT molecular complexity index is 1230. The molecule has 0 bridgehead atoms. The van der Waals surface area contributed by atoms with Gasteiger partial charge in [0, 0.05) is 33.7 Å². The molecular weight excluding hydrogens is 467 g/mol. The van der Waals surface area contributed by atoms with Crippen molar-refractivity contribution in [1.29, 1.82) is 0 Å². The Morgan fingerprint density at radius 1 is 0.969 bits per heavy atom. The number of halogens is 2. The highest BCUT2D eigenvalue weighted by atomic mass is 35.5. The van der Waals surface area contributed by atoms with Crippen LogP contribution in [-0.4, -0.2) is 37.6 Å². The minimum absolute atomic E-state index is 0.111. The van der Waals surface area contributed by atoms with Crippen molar-refractivity contribution in [3.8, 4) is 17.1 Å². The molecule has 1 amide bonds. The maximum atomic E-state index is 12.3. The number of nitrogens with zero attached hydrogens (tertiary/aromatic N) is 5. The quantitative estimate of drug-likeness (QED) is 0.230. The average Bonchev–Trinajstić information content (AvgIpc) is 3.23. The molecule has 2 aromatic heterocycles. The van der Waals surface area contributed by atoms with Gasteiger partial charge in [-0.15, -0.1) is 10.2 Å². The summed E-state index contributed by atoms with van der Waals surface area (Å²) < 4.78 is 1.87. The van der Waals surface area contributed by atoms with Crippen molar-refractivity contribution in [3.05, 3.63) is 88.7 Å². The molecule has 2 heterocycles. The first-order chi connectivity index (χ1) is 15.6. The lowest BCUT2D eigenvalue weighted by Gasteiger charge is -2.10. The summed E-state index contributed by atoms with van der Waals surface area (Å²) in [6, 6.07) is 18.2. The molecule has 0 unspecified atom stereocenters. The lowest BCUT2D eigenvalue weighted by Crippen LogP contribution is -2.20. The van der Waals surface area contributed by atoms with Gasteiger partial charge in [0.05, 0.1) is 12.0 Å². The molecule has 1 N–H and O–H groups in total. The van der Waals surface area contributed by atoms with E-state index in [4.69, 9.17) is 23.2 Å². The van der Waals surface area contributed by atoms with Crippen molar-refractivity contribution in [2.24, 2.45) is 5.10 Å². The van der Waals surface area contributed by atoms with Crippen LogP contribution in [0.3, 0.4) is 0 Å². The first-order valence-corrected chi connectivity index (χ1v) is 11.2. The monoisotopic (exact) mass is 482 g/mol. The van der Waals surface area contributed by atoms with Gasteiger partial charge < -0.3 is 0 Å². The Labute approximate surface area is 198 Å². The summed E-state index contributed by atoms with van der Waals surface area (Å²) in [5.41, 5.74) is 5.01. The summed E-state index contributed by atoms with van der Waals surface area (Å²) in [6.45, 7) is 0. The van der Waals surface area contributed by atoms with Crippen LogP contribution in [0.2, 0.25) is 10.0 Å². The Balaban J connectivity index is 1.53. The number of hydrazone groups is 1. The van der Waals surface area contributed by atoms with Gasteiger partial charge in [0.15, 0.2) is 11.0 Å². The van der Waals surface area contributed by atoms with Crippen LogP contribution < -0.4 is 5.43 Å². The number of hydrogen-bond acceptors (Lipinski definition) is 6. The second-order valence-electron chi connectivity index (χ2n) is 6.49. The van der Waals surface area contributed by atoms with Crippen LogP contribution in [0.5, 0.6) is 0 Å². The summed E-state index contributed by atoms with van der Waals surface area (Å²) >= 11 is 13.3. The molecule has 0 aliphatic carbocycles. The third kappa shape index (κ3) is 5.53. The molecule has 0 aliphatic rings. The van der Waals surface area contributed by atoms with Crippen LogP contribution in [-0.2, 0) is 4.79 Å². The van der Waals surface area contributed by atoms with Gasteiger partial charge in [-0.3, -0.25) is 14.3 Å². The van der Waals surface area contributed by atoms with E-state index >= 15 is 0 Å². The second kappa shape index (κ2) is 10.4. The van der Waals surface area contributed by atoms with Crippen molar-refractivity contribution in [1.82, 2.24) is 25.2 Å². The molecule has 0 spiro atoms. The molecule has 160 valence electrons. The Morgan fingerprint density at radius 3 is 2.31 bits per heavy atom. The van der Waals surface area contributed by atoms with Crippen molar-refractivity contribution in [2.75, 3.05) is 5.75 Å². The summed E-state index contributed by atoms with van der Waals surface area (Å²) in [5.74, 6) is 0.474. The van der Waals surface area contributed by atoms with E-state index in [1.165, 1.54) is 11.8 Å². The number of carbonyl (C=O) groups is 1. The number of pyridine rings is 1. The van der Waals surface area contributed by atoms with Crippen molar-refractivity contribution in [3.63, 3.8) is 0 Å². The molecule has 0 saturated heterocycles. The molecule has 0 radical (unpaired) electrons. The zero-order valence-electron chi connectivity index (χ0n) is 16.5. The zero-order chi connectivity index (χ0) is 22.3. The summed E-state index contributed by atoms with van der Waals surface area (Å²) in [6.07, 6.45) is 4.86. The van der Waals surface area contributed by atoms with Crippen molar-refractivity contribution >= 4 is 47.1 Å². The first kappa shape index (κ1) is 22.0. The molecular formula is C22H16Cl2N6OS.